The van der Waals surface area contributed by atoms with E-state index >= 15 is 0 Å². The van der Waals surface area contributed by atoms with Gasteiger partial charge < -0.3 is 15.4 Å². The third-order valence-corrected chi connectivity index (χ3v) is 8.50. The Morgan fingerprint density at radius 3 is 2.70 bits per heavy atom. The number of nitrogens with zero attached hydrogens (tertiary/aromatic N) is 2. The van der Waals surface area contributed by atoms with Gasteiger partial charge in [0.05, 0.1) is 18.2 Å². The lowest BCUT2D eigenvalue weighted by Crippen LogP contribution is -2.35. The quantitative estimate of drug-likeness (QED) is 0.303. The molecule has 196 valence electrons. The van der Waals surface area contributed by atoms with Crippen LogP contribution in [-0.2, 0) is 17.6 Å². The lowest BCUT2D eigenvalue weighted by atomic mass is 9.97. The number of fused-ring (bicyclic) bond motifs is 2. The maximum atomic E-state index is 14.1. The molecule has 7 nitrogen and oxygen atoms in total. The van der Waals surface area contributed by atoms with E-state index in [1.165, 1.54) is 11.3 Å². The van der Waals surface area contributed by atoms with Crippen LogP contribution in [0.2, 0.25) is 5.02 Å². The lowest BCUT2D eigenvalue weighted by molar-refractivity contribution is -0.173. The molecule has 13 heteroatoms. The number of aryl methyl sites for hydroxylation is 1. The zero-order valence-electron chi connectivity index (χ0n) is 19.4. The molecule has 0 saturated carbocycles. The number of nitrogens with one attached hydrogen (secondary N) is 2. The Hall–Kier alpha value is -2.57. The first-order valence-electron chi connectivity index (χ1n) is 11.6. The number of benzene rings is 1. The number of amides is 1. The van der Waals surface area contributed by atoms with Crippen LogP contribution in [-0.4, -0.2) is 34.4 Å². The van der Waals surface area contributed by atoms with Gasteiger partial charge in [-0.1, -0.05) is 39.7 Å². The van der Waals surface area contributed by atoms with Crippen molar-refractivity contribution in [2.24, 2.45) is 0 Å². The van der Waals surface area contributed by atoms with Crippen molar-refractivity contribution < 1.29 is 27.5 Å². The Morgan fingerprint density at radius 1 is 1.30 bits per heavy atom. The molecule has 0 bridgehead atoms. The monoisotopic (exact) mass is 616 g/mol. The highest BCUT2D eigenvalue weighted by Gasteiger charge is 2.48. The number of hydrogen-bond donors (Lipinski definition) is 2. The van der Waals surface area contributed by atoms with Gasteiger partial charge in [0.15, 0.2) is 11.7 Å². The second-order valence-corrected chi connectivity index (χ2v) is 11.1. The molecule has 1 amide bonds. The summed E-state index contributed by atoms with van der Waals surface area (Å²) in [5.41, 5.74) is 1.40. The fourth-order valence-electron chi connectivity index (χ4n) is 4.72. The van der Waals surface area contributed by atoms with Crippen molar-refractivity contribution in [3.8, 4) is 0 Å². The second kappa shape index (κ2) is 9.95. The Kier molecular flexibility index (Phi) is 7.01. The summed E-state index contributed by atoms with van der Waals surface area (Å²) in [6.07, 6.45) is -2.60. The van der Waals surface area contributed by atoms with E-state index in [1.807, 2.05) is 0 Å². The van der Waals surface area contributed by atoms with E-state index in [2.05, 4.69) is 31.7 Å². The Balaban J connectivity index is 1.49. The fourth-order valence-corrected chi connectivity index (χ4v) is 6.52. The molecule has 1 aromatic carbocycles. The van der Waals surface area contributed by atoms with Crippen LogP contribution in [0.25, 0.3) is 0 Å². The van der Waals surface area contributed by atoms with E-state index in [4.69, 9.17) is 16.3 Å². The molecule has 3 heterocycles. The molecule has 5 rings (SSSR count). The molecule has 2 aromatic heterocycles. The molecule has 0 unspecified atom stereocenters. The first-order valence-corrected chi connectivity index (χ1v) is 13.6. The predicted octanol–water partition coefficient (Wildman–Crippen LogP) is 6.94. The zero-order valence-corrected chi connectivity index (χ0v) is 22.6. The standard InChI is InChI=1S/C24H21BrClF3N4O3S/c1-2-36-23(35)17-13-4-3-5-15(13)37-22(17)31-21(34)19-18(26)20-30-14(11-6-8-12(25)9-7-11)10-16(24(27,28)29)33(20)32-19/h6-9,14,16,30H,2-5,10H2,1H3,(H,31,34)/t14-,16+/m0/s1. The van der Waals surface area contributed by atoms with Crippen molar-refractivity contribution >= 4 is 61.6 Å². The van der Waals surface area contributed by atoms with Gasteiger partial charge >= 0.3 is 12.1 Å². The number of halogens is 5. The highest BCUT2D eigenvalue weighted by molar-refractivity contribution is 9.10. The third kappa shape index (κ3) is 4.86. The minimum absolute atomic E-state index is 0.0902. The van der Waals surface area contributed by atoms with Gasteiger partial charge in [0.2, 0.25) is 0 Å². The molecule has 0 radical (unpaired) electrons. The van der Waals surface area contributed by atoms with Gasteiger partial charge in [-0.25, -0.2) is 9.48 Å². The van der Waals surface area contributed by atoms with Crippen molar-refractivity contribution in [1.82, 2.24) is 9.78 Å². The SMILES string of the molecule is CCOC(=O)c1c(NC(=O)c2nn3c(c2Cl)N[C@H](c2ccc(Br)cc2)C[C@@H]3C(F)(F)F)sc2c1CCC2. The van der Waals surface area contributed by atoms with Crippen LogP contribution < -0.4 is 10.6 Å². The molecule has 37 heavy (non-hydrogen) atoms. The Bertz CT molecular complexity index is 1370. The van der Waals surface area contributed by atoms with Gasteiger partial charge in [-0.15, -0.1) is 11.3 Å². The van der Waals surface area contributed by atoms with Crippen LogP contribution in [0.15, 0.2) is 28.7 Å². The summed E-state index contributed by atoms with van der Waals surface area (Å²) in [6.45, 7) is 1.85. The second-order valence-electron chi connectivity index (χ2n) is 8.73. The van der Waals surface area contributed by atoms with Crippen molar-refractivity contribution in [2.45, 2.75) is 50.9 Å². The lowest BCUT2D eigenvalue weighted by Gasteiger charge is -2.33. The summed E-state index contributed by atoms with van der Waals surface area (Å²) < 4.78 is 48.9. The number of esters is 1. The number of aromatic nitrogens is 2. The van der Waals surface area contributed by atoms with Crippen LogP contribution in [0.4, 0.5) is 24.0 Å². The summed E-state index contributed by atoms with van der Waals surface area (Å²) in [5.74, 6) is -1.45. The summed E-state index contributed by atoms with van der Waals surface area (Å²) in [4.78, 5) is 26.8. The highest BCUT2D eigenvalue weighted by Crippen LogP contribution is 2.47. The average Bonchev–Trinajstić information content (AvgIpc) is 3.51. The molecule has 2 N–H and O–H groups in total. The summed E-state index contributed by atoms with van der Waals surface area (Å²) >= 11 is 11.0. The van der Waals surface area contributed by atoms with E-state index < -0.39 is 30.1 Å². The van der Waals surface area contributed by atoms with Crippen molar-refractivity contribution in [1.29, 1.82) is 0 Å². The molecule has 1 aliphatic carbocycles. The van der Waals surface area contributed by atoms with Crippen LogP contribution in [0, 0.1) is 0 Å². The highest BCUT2D eigenvalue weighted by atomic mass is 79.9. The van der Waals surface area contributed by atoms with Gasteiger partial charge in [0, 0.05) is 15.8 Å². The summed E-state index contributed by atoms with van der Waals surface area (Å²) in [6, 6.07) is 4.23. The van der Waals surface area contributed by atoms with Gasteiger partial charge in [0.1, 0.15) is 15.8 Å². The normalized spacial score (nSPS) is 18.6. The molecule has 0 spiro atoms. The molecule has 2 aliphatic rings. The summed E-state index contributed by atoms with van der Waals surface area (Å²) in [7, 11) is 0. The van der Waals surface area contributed by atoms with Crippen molar-refractivity contribution in [3.63, 3.8) is 0 Å². The van der Waals surface area contributed by atoms with E-state index in [1.54, 1.807) is 31.2 Å². The molecule has 2 atom stereocenters. The van der Waals surface area contributed by atoms with E-state index in [-0.39, 0.29) is 40.1 Å². The zero-order chi connectivity index (χ0) is 26.5. The largest absolute Gasteiger partial charge is 0.462 e. The molecule has 0 fully saturated rings. The van der Waals surface area contributed by atoms with Crippen molar-refractivity contribution in [2.75, 3.05) is 17.2 Å². The van der Waals surface area contributed by atoms with Crippen LogP contribution in [0.5, 0.6) is 0 Å². The minimum Gasteiger partial charge on any atom is -0.462 e. The molecular formula is C24H21BrClF3N4O3S. The molecule has 3 aromatic rings. The number of hydrogen-bond acceptors (Lipinski definition) is 6. The fraction of sp³-hybridized carbons (Fsp3) is 0.375. The first kappa shape index (κ1) is 26.1. The third-order valence-electron chi connectivity index (χ3n) is 6.41. The van der Waals surface area contributed by atoms with Gasteiger partial charge in [-0.2, -0.15) is 18.3 Å². The van der Waals surface area contributed by atoms with E-state index in [0.29, 0.717) is 12.0 Å². The molecular weight excluding hydrogens is 597 g/mol. The predicted molar refractivity (Wildman–Crippen MR) is 138 cm³/mol. The number of thiophene rings is 1. The van der Waals surface area contributed by atoms with Crippen LogP contribution >= 0.6 is 38.9 Å². The van der Waals surface area contributed by atoms with Gasteiger partial charge in [-0.05, 0) is 49.4 Å². The van der Waals surface area contributed by atoms with Crippen LogP contribution in [0.3, 0.4) is 0 Å². The summed E-state index contributed by atoms with van der Waals surface area (Å²) in [5, 5.41) is 9.71. The minimum atomic E-state index is -4.63. The number of ether oxygens (including phenoxy) is 1. The Labute approximate surface area is 227 Å². The maximum absolute atomic E-state index is 14.1. The van der Waals surface area contributed by atoms with Crippen LogP contribution in [0.1, 0.15) is 68.7 Å². The number of rotatable bonds is 5. The molecule has 1 aliphatic heterocycles. The topological polar surface area (TPSA) is 85.2 Å². The number of carbonyl (C=O) groups is 2. The van der Waals surface area contributed by atoms with Gasteiger partial charge in [-0.3, -0.25) is 4.79 Å². The Morgan fingerprint density at radius 2 is 2.03 bits per heavy atom. The first-order chi connectivity index (χ1) is 17.6. The van der Waals surface area contributed by atoms with E-state index in [0.717, 1.165) is 32.4 Å². The van der Waals surface area contributed by atoms with Crippen molar-refractivity contribution in [3.05, 3.63) is 61.0 Å². The van der Waals surface area contributed by atoms with Gasteiger partial charge in [0.25, 0.3) is 5.91 Å². The maximum Gasteiger partial charge on any atom is 0.410 e. The number of alkyl halides is 3. The average molecular weight is 618 g/mol. The van der Waals surface area contributed by atoms with E-state index in [9.17, 15) is 22.8 Å². The smallest absolute Gasteiger partial charge is 0.410 e. The number of anilines is 2. The molecule has 0 saturated heterocycles. The number of carbonyl (C=O) groups excluding carboxylic acids is 2.